The molecule has 1 aliphatic rings. The van der Waals surface area contributed by atoms with Crippen molar-refractivity contribution in [3.63, 3.8) is 0 Å². The van der Waals surface area contributed by atoms with Gasteiger partial charge in [0.25, 0.3) is 0 Å². The van der Waals surface area contributed by atoms with Gasteiger partial charge in [0.2, 0.25) is 11.6 Å². The van der Waals surface area contributed by atoms with Gasteiger partial charge >= 0.3 is 5.69 Å². The lowest BCUT2D eigenvalue weighted by Crippen LogP contribution is -2.40. The molecule has 0 spiro atoms. The Morgan fingerprint density at radius 1 is 1.13 bits per heavy atom. The molecule has 1 aromatic heterocycles. The van der Waals surface area contributed by atoms with E-state index in [1.165, 1.54) is 19.2 Å². The van der Waals surface area contributed by atoms with Gasteiger partial charge in [-0.2, -0.15) is 0 Å². The van der Waals surface area contributed by atoms with E-state index in [9.17, 15) is 10.1 Å². The Hall–Kier alpha value is -1.96. The monoisotopic (exact) mass is 322 g/mol. The Balaban J connectivity index is 2.19. The van der Waals surface area contributed by atoms with Crippen LogP contribution in [0.1, 0.15) is 59.3 Å². The van der Waals surface area contributed by atoms with Crippen LogP contribution in [-0.2, 0) is 0 Å². The summed E-state index contributed by atoms with van der Waals surface area (Å²) in [4.78, 5) is 19.2. The van der Waals surface area contributed by atoms with Gasteiger partial charge in [0.1, 0.15) is 6.33 Å². The first kappa shape index (κ1) is 17.4. The molecule has 0 aliphatic heterocycles. The molecular formula is C15H26N6O2. The first-order chi connectivity index (χ1) is 10.9. The minimum Gasteiger partial charge on any atom is -0.361 e. The van der Waals surface area contributed by atoms with Crippen LogP contribution in [0.2, 0.25) is 0 Å². The fraction of sp³-hybridized carbons (Fsp3) is 0.733. The van der Waals surface area contributed by atoms with Crippen LogP contribution in [0.3, 0.4) is 0 Å². The van der Waals surface area contributed by atoms with Crippen LogP contribution in [0.25, 0.3) is 0 Å². The Bertz CT molecular complexity index is 535. The maximum Gasteiger partial charge on any atom is 0.354 e. The molecule has 1 aliphatic carbocycles. The Labute approximate surface area is 136 Å². The van der Waals surface area contributed by atoms with E-state index in [2.05, 4.69) is 26.1 Å². The standard InChI is InChI=1S/C15H26N6O2/c1-15(2,3)20-19-14-12(21(22)23)13(16-10-17-14)18-11-8-6-4-5-7-9-11/h10-11,20H,4-9H2,1-3H3,(H2,16,17,18,19). The molecule has 128 valence electrons. The van der Waals surface area contributed by atoms with Gasteiger partial charge in [-0.15, -0.1) is 0 Å². The van der Waals surface area contributed by atoms with E-state index in [-0.39, 0.29) is 28.9 Å². The Kier molecular flexibility index (Phi) is 5.70. The van der Waals surface area contributed by atoms with Gasteiger partial charge in [-0.3, -0.25) is 15.5 Å². The van der Waals surface area contributed by atoms with Crippen LogP contribution in [0.5, 0.6) is 0 Å². The zero-order chi connectivity index (χ0) is 16.9. The Morgan fingerprint density at radius 2 is 1.74 bits per heavy atom. The van der Waals surface area contributed by atoms with Crippen molar-refractivity contribution < 1.29 is 4.92 Å². The van der Waals surface area contributed by atoms with Crippen LogP contribution in [0, 0.1) is 10.1 Å². The number of nitro groups is 1. The predicted octanol–water partition coefficient (Wildman–Crippen LogP) is 3.23. The molecule has 1 saturated carbocycles. The second-order valence-corrected chi connectivity index (χ2v) is 7.01. The zero-order valence-electron chi connectivity index (χ0n) is 14.1. The lowest BCUT2D eigenvalue weighted by atomic mass is 10.1. The summed E-state index contributed by atoms with van der Waals surface area (Å²) in [6, 6.07) is 0.231. The van der Waals surface area contributed by atoms with E-state index in [4.69, 9.17) is 0 Å². The maximum atomic E-state index is 11.5. The number of nitrogens with zero attached hydrogens (tertiary/aromatic N) is 3. The van der Waals surface area contributed by atoms with Crippen LogP contribution >= 0.6 is 0 Å². The quantitative estimate of drug-likeness (QED) is 0.434. The average molecular weight is 322 g/mol. The SMILES string of the molecule is CC(C)(C)NNc1ncnc(NC2CCCCCC2)c1[N+](=O)[O-]. The van der Waals surface area contributed by atoms with Gasteiger partial charge in [-0.05, 0) is 33.6 Å². The second-order valence-electron chi connectivity index (χ2n) is 7.01. The smallest absolute Gasteiger partial charge is 0.354 e. The third-order valence-electron chi connectivity index (χ3n) is 3.76. The highest BCUT2D eigenvalue weighted by Gasteiger charge is 2.26. The van der Waals surface area contributed by atoms with Crippen molar-refractivity contribution >= 4 is 17.3 Å². The van der Waals surface area contributed by atoms with Gasteiger partial charge in [0.15, 0.2) is 0 Å². The van der Waals surface area contributed by atoms with E-state index in [1.807, 2.05) is 20.8 Å². The van der Waals surface area contributed by atoms with Crippen LogP contribution in [-0.4, -0.2) is 26.5 Å². The van der Waals surface area contributed by atoms with Gasteiger partial charge < -0.3 is 5.32 Å². The Morgan fingerprint density at radius 3 is 2.30 bits per heavy atom. The van der Waals surface area contributed by atoms with E-state index < -0.39 is 4.92 Å². The van der Waals surface area contributed by atoms with Gasteiger partial charge in [0.05, 0.1) is 4.92 Å². The molecule has 0 amide bonds. The third kappa shape index (κ3) is 5.31. The van der Waals surface area contributed by atoms with Crippen LogP contribution in [0.4, 0.5) is 17.3 Å². The summed E-state index contributed by atoms with van der Waals surface area (Å²) in [6.07, 6.45) is 8.13. The average Bonchev–Trinajstić information content (AvgIpc) is 2.73. The first-order valence-electron chi connectivity index (χ1n) is 8.16. The second kappa shape index (κ2) is 7.54. The highest BCUT2D eigenvalue weighted by molar-refractivity contribution is 5.69. The number of hydrazine groups is 1. The molecule has 2 rings (SSSR count). The predicted molar refractivity (Wildman–Crippen MR) is 90.3 cm³/mol. The number of hydrogen-bond acceptors (Lipinski definition) is 7. The zero-order valence-corrected chi connectivity index (χ0v) is 14.1. The molecule has 1 fully saturated rings. The molecule has 0 atom stereocenters. The molecule has 1 aromatic rings. The third-order valence-corrected chi connectivity index (χ3v) is 3.76. The lowest BCUT2D eigenvalue weighted by Gasteiger charge is -2.22. The maximum absolute atomic E-state index is 11.5. The molecule has 0 unspecified atom stereocenters. The van der Waals surface area contributed by atoms with Crippen molar-refractivity contribution in [2.24, 2.45) is 0 Å². The lowest BCUT2D eigenvalue weighted by molar-refractivity contribution is -0.383. The highest BCUT2D eigenvalue weighted by Crippen LogP contribution is 2.30. The van der Waals surface area contributed by atoms with E-state index in [1.54, 1.807) is 0 Å². The minimum atomic E-state index is -0.439. The fourth-order valence-electron chi connectivity index (χ4n) is 2.61. The van der Waals surface area contributed by atoms with Gasteiger partial charge in [-0.1, -0.05) is 25.7 Å². The summed E-state index contributed by atoms with van der Waals surface area (Å²) in [5, 5.41) is 14.7. The number of anilines is 2. The van der Waals surface area contributed by atoms with Crippen molar-refractivity contribution in [2.75, 3.05) is 10.7 Å². The molecule has 0 bridgehead atoms. The first-order valence-corrected chi connectivity index (χ1v) is 8.16. The molecule has 23 heavy (non-hydrogen) atoms. The van der Waals surface area contributed by atoms with Crippen molar-refractivity contribution in [1.82, 2.24) is 15.4 Å². The van der Waals surface area contributed by atoms with Crippen molar-refractivity contribution in [3.8, 4) is 0 Å². The molecule has 3 N–H and O–H groups in total. The number of rotatable bonds is 5. The summed E-state index contributed by atoms with van der Waals surface area (Å²) in [6.45, 7) is 5.87. The normalized spacial score (nSPS) is 16.7. The minimum absolute atomic E-state index is 0.117. The number of nitrogens with one attached hydrogen (secondary N) is 3. The van der Waals surface area contributed by atoms with E-state index in [0.29, 0.717) is 0 Å². The molecule has 0 aromatic carbocycles. The molecule has 8 nitrogen and oxygen atoms in total. The van der Waals surface area contributed by atoms with Crippen molar-refractivity contribution in [1.29, 1.82) is 0 Å². The van der Waals surface area contributed by atoms with E-state index >= 15 is 0 Å². The topological polar surface area (TPSA) is 105 Å². The molecule has 0 saturated heterocycles. The van der Waals surface area contributed by atoms with E-state index in [0.717, 1.165) is 25.7 Å². The fourth-order valence-corrected chi connectivity index (χ4v) is 2.61. The molecular weight excluding hydrogens is 296 g/mol. The molecule has 0 radical (unpaired) electrons. The van der Waals surface area contributed by atoms with Crippen molar-refractivity contribution in [2.45, 2.75) is 70.9 Å². The molecule has 1 heterocycles. The summed E-state index contributed by atoms with van der Waals surface area (Å²) in [7, 11) is 0. The summed E-state index contributed by atoms with van der Waals surface area (Å²) in [5.74, 6) is 0.464. The van der Waals surface area contributed by atoms with Gasteiger partial charge in [0, 0.05) is 11.6 Å². The van der Waals surface area contributed by atoms with Crippen LogP contribution < -0.4 is 16.2 Å². The van der Waals surface area contributed by atoms with Crippen molar-refractivity contribution in [3.05, 3.63) is 16.4 Å². The molecule has 8 heteroatoms. The summed E-state index contributed by atoms with van der Waals surface area (Å²) < 4.78 is 0. The summed E-state index contributed by atoms with van der Waals surface area (Å²) >= 11 is 0. The number of aromatic nitrogens is 2. The largest absolute Gasteiger partial charge is 0.361 e. The van der Waals surface area contributed by atoms with Crippen LogP contribution in [0.15, 0.2) is 6.33 Å². The van der Waals surface area contributed by atoms with Gasteiger partial charge in [-0.25, -0.2) is 15.4 Å². The highest BCUT2D eigenvalue weighted by atomic mass is 16.6. The number of hydrogen-bond donors (Lipinski definition) is 3. The summed E-state index contributed by atoms with van der Waals surface area (Å²) in [5.41, 5.74) is 5.48.